The fraction of sp³-hybridized carbons (Fsp3) is 0.375. The summed E-state index contributed by atoms with van der Waals surface area (Å²) < 4.78 is 1.02. The number of nitrogens with one attached hydrogen (secondary N) is 2. The second-order valence-corrected chi connectivity index (χ2v) is 9.14. The van der Waals surface area contributed by atoms with E-state index >= 15 is 0 Å². The summed E-state index contributed by atoms with van der Waals surface area (Å²) in [5.74, 6) is 1.78. The molecule has 0 unspecified atom stereocenters. The number of anilines is 2. The van der Waals surface area contributed by atoms with E-state index in [9.17, 15) is 4.79 Å². The van der Waals surface area contributed by atoms with Crippen LogP contribution in [-0.2, 0) is 11.3 Å². The summed E-state index contributed by atoms with van der Waals surface area (Å²) in [5.41, 5.74) is 2.03. The molecule has 162 valence electrons. The van der Waals surface area contributed by atoms with Crippen molar-refractivity contribution in [2.45, 2.75) is 38.3 Å². The Morgan fingerprint density at radius 1 is 1.03 bits per heavy atom. The summed E-state index contributed by atoms with van der Waals surface area (Å²) >= 11 is 3.54. The predicted octanol–water partition coefficient (Wildman–Crippen LogP) is 4.75. The molecule has 1 fully saturated rings. The molecule has 0 radical (unpaired) electrons. The Morgan fingerprint density at radius 3 is 2.48 bits per heavy atom. The third-order valence-corrected chi connectivity index (χ3v) is 6.62. The van der Waals surface area contributed by atoms with Crippen LogP contribution in [0.3, 0.4) is 0 Å². The summed E-state index contributed by atoms with van der Waals surface area (Å²) in [5, 5.41) is 7.65. The fourth-order valence-electron chi connectivity index (χ4n) is 4.12. The van der Waals surface area contributed by atoms with Crippen molar-refractivity contribution in [3.05, 3.63) is 58.6 Å². The van der Waals surface area contributed by atoms with E-state index in [1.807, 2.05) is 67.5 Å². The van der Waals surface area contributed by atoms with E-state index in [-0.39, 0.29) is 17.9 Å². The number of rotatable bonds is 6. The quantitative estimate of drug-likeness (QED) is 0.531. The molecule has 6 nitrogen and oxygen atoms in total. The van der Waals surface area contributed by atoms with Gasteiger partial charge in [-0.25, -0.2) is 4.98 Å². The lowest BCUT2D eigenvalue weighted by Gasteiger charge is -2.28. The Labute approximate surface area is 191 Å². The second-order valence-electron chi connectivity index (χ2n) is 8.28. The van der Waals surface area contributed by atoms with Crippen molar-refractivity contribution < 1.29 is 4.79 Å². The maximum atomic E-state index is 12.6. The van der Waals surface area contributed by atoms with Gasteiger partial charge in [-0.2, -0.15) is 4.98 Å². The lowest BCUT2D eigenvalue weighted by Crippen LogP contribution is -2.36. The van der Waals surface area contributed by atoms with Gasteiger partial charge in [0.05, 0.1) is 5.52 Å². The zero-order chi connectivity index (χ0) is 21.8. The van der Waals surface area contributed by atoms with E-state index in [2.05, 4.69) is 26.6 Å². The van der Waals surface area contributed by atoms with Crippen LogP contribution < -0.4 is 15.5 Å². The van der Waals surface area contributed by atoms with Crippen LogP contribution in [0.2, 0.25) is 0 Å². The molecule has 1 saturated carbocycles. The van der Waals surface area contributed by atoms with Gasteiger partial charge in [-0.05, 0) is 49.4 Å². The van der Waals surface area contributed by atoms with Crippen LogP contribution >= 0.6 is 15.9 Å². The van der Waals surface area contributed by atoms with Crippen molar-refractivity contribution >= 4 is 44.5 Å². The van der Waals surface area contributed by atoms with E-state index in [1.165, 1.54) is 0 Å². The molecular weight excluding hydrogens is 454 g/mol. The number of carbonyl (C=O) groups is 1. The van der Waals surface area contributed by atoms with Gasteiger partial charge >= 0.3 is 0 Å². The highest BCUT2D eigenvalue weighted by atomic mass is 79.9. The van der Waals surface area contributed by atoms with Gasteiger partial charge in [0, 0.05) is 42.5 Å². The molecule has 0 atom stereocenters. The average Bonchev–Trinajstić information content (AvgIpc) is 2.78. The lowest BCUT2D eigenvalue weighted by molar-refractivity contribution is -0.126. The molecule has 1 aromatic heterocycles. The minimum atomic E-state index is 0.0652. The molecule has 2 aromatic carbocycles. The molecule has 1 aliphatic carbocycles. The summed E-state index contributed by atoms with van der Waals surface area (Å²) in [6.45, 7) is 0.552. The molecule has 7 heteroatoms. The first-order valence-corrected chi connectivity index (χ1v) is 11.5. The highest BCUT2D eigenvalue weighted by molar-refractivity contribution is 9.10. The van der Waals surface area contributed by atoms with E-state index in [1.54, 1.807) is 0 Å². The predicted molar refractivity (Wildman–Crippen MR) is 129 cm³/mol. The van der Waals surface area contributed by atoms with Gasteiger partial charge in [0.1, 0.15) is 5.82 Å². The Kier molecular flexibility index (Phi) is 6.70. The van der Waals surface area contributed by atoms with Crippen LogP contribution in [0, 0.1) is 5.92 Å². The Balaban J connectivity index is 1.34. The SMILES string of the molecule is CN(C)c1nc(NC2CCC(C(=O)NCc3ccccc3Br)CC2)nc2ccccc12. The van der Waals surface area contributed by atoms with Gasteiger partial charge in [0.15, 0.2) is 0 Å². The number of fused-ring (bicyclic) bond motifs is 1. The average molecular weight is 482 g/mol. The van der Waals surface area contributed by atoms with Crippen molar-refractivity contribution in [1.29, 1.82) is 0 Å². The van der Waals surface area contributed by atoms with Crippen LogP contribution in [0.1, 0.15) is 31.2 Å². The third kappa shape index (κ3) is 5.15. The molecule has 1 amide bonds. The van der Waals surface area contributed by atoms with Crippen molar-refractivity contribution in [3.63, 3.8) is 0 Å². The highest BCUT2D eigenvalue weighted by Crippen LogP contribution is 2.28. The third-order valence-electron chi connectivity index (χ3n) is 5.85. The van der Waals surface area contributed by atoms with Crippen molar-refractivity contribution in [1.82, 2.24) is 15.3 Å². The number of benzene rings is 2. The number of amides is 1. The first kappa shape index (κ1) is 21.6. The molecule has 0 bridgehead atoms. The first-order valence-electron chi connectivity index (χ1n) is 10.7. The molecule has 3 aromatic rings. The minimum Gasteiger partial charge on any atom is -0.362 e. The Hall–Kier alpha value is -2.67. The second kappa shape index (κ2) is 9.64. The standard InChI is InChI=1S/C24H28BrN5O/c1-30(2)22-19-8-4-6-10-21(19)28-24(29-22)27-18-13-11-16(12-14-18)23(31)26-15-17-7-3-5-9-20(17)25/h3-10,16,18H,11-15H2,1-2H3,(H,26,31)(H,27,28,29). The normalized spacial score (nSPS) is 18.5. The van der Waals surface area contributed by atoms with Crippen LogP contribution in [0.25, 0.3) is 10.9 Å². The van der Waals surface area contributed by atoms with Gasteiger partial charge in [-0.15, -0.1) is 0 Å². The Bertz CT molecular complexity index is 1060. The number of nitrogens with zero attached hydrogens (tertiary/aromatic N) is 3. The summed E-state index contributed by atoms with van der Waals surface area (Å²) in [4.78, 5) is 24.1. The van der Waals surface area contributed by atoms with Crippen molar-refractivity contribution in [3.8, 4) is 0 Å². The van der Waals surface area contributed by atoms with Gasteiger partial charge in [0.2, 0.25) is 11.9 Å². The summed E-state index contributed by atoms with van der Waals surface area (Å²) in [6.07, 6.45) is 3.60. The molecule has 4 rings (SSSR count). The number of carbonyl (C=O) groups excluding carboxylic acids is 1. The van der Waals surface area contributed by atoms with E-state index in [4.69, 9.17) is 9.97 Å². The summed E-state index contributed by atoms with van der Waals surface area (Å²) in [7, 11) is 3.99. The number of hydrogen-bond acceptors (Lipinski definition) is 5. The van der Waals surface area contributed by atoms with Crippen LogP contribution in [0.15, 0.2) is 53.0 Å². The smallest absolute Gasteiger partial charge is 0.225 e. The molecule has 2 N–H and O–H groups in total. The molecule has 1 aliphatic rings. The maximum absolute atomic E-state index is 12.6. The lowest BCUT2D eigenvalue weighted by atomic mass is 9.85. The van der Waals surface area contributed by atoms with Crippen molar-refractivity contribution in [2.24, 2.45) is 5.92 Å². The van der Waals surface area contributed by atoms with Crippen LogP contribution in [0.4, 0.5) is 11.8 Å². The Morgan fingerprint density at radius 2 is 1.74 bits per heavy atom. The number of hydrogen-bond donors (Lipinski definition) is 2. The minimum absolute atomic E-state index is 0.0652. The molecule has 31 heavy (non-hydrogen) atoms. The molecule has 0 saturated heterocycles. The van der Waals surface area contributed by atoms with Gasteiger partial charge in [-0.3, -0.25) is 4.79 Å². The summed E-state index contributed by atoms with van der Waals surface area (Å²) in [6, 6.07) is 16.3. The maximum Gasteiger partial charge on any atom is 0.225 e. The topological polar surface area (TPSA) is 70.2 Å². The first-order chi connectivity index (χ1) is 15.0. The zero-order valence-electron chi connectivity index (χ0n) is 17.9. The van der Waals surface area contributed by atoms with E-state index < -0.39 is 0 Å². The van der Waals surface area contributed by atoms with E-state index in [0.29, 0.717) is 12.5 Å². The molecule has 1 heterocycles. The zero-order valence-corrected chi connectivity index (χ0v) is 19.5. The highest BCUT2D eigenvalue weighted by Gasteiger charge is 2.27. The van der Waals surface area contributed by atoms with Crippen LogP contribution in [-0.4, -0.2) is 36.0 Å². The molecule has 0 aliphatic heterocycles. The monoisotopic (exact) mass is 481 g/mol. The largest absolute Gasteiger partial charge is 0.362 e. The van der Waals surface area contributed by atoms with Crippen LogP contribution in [0.5, 0.6) is 0 Å². The van der Waals surface area contributed by atoms with Gasteiger partial charge < -0.3 is 15.5 Å². The van der Waals surface area contributed by atoms with Gasteiger partial charge in [0.25, 0.3) is 0 Å². The number of halogens is 1. The molecule has 0 spiro atoms. The molecular formula is C24H28BrN5O. The number of aromatic nitrogens is 2. The van der Waals surface area contributed by atoms with E-state index in [0.717, 1.165) is 52.4 Å². The van der Waals surface area contributed by atoms with Gasteiger partial charge in [-0.1, -0.05) is 46.3 Å². The number of para-hydroxylation sites is 1. The van der Waals surface area contributed by atoms with Crippen molar-refractivity contribution in [2.75, 3.05) is 24.3 Å². The fourth-order valence-corrected chi connectivity index (χ4v) is 4.54.